The predicted octanol–water partition coefficient (Wildman–Crippen LogP) is 4.55. The van der Waals surface area contributed by atoms with E-state index in [4.69, 9.17) is 0 Å². The topological polar surface area (TPSA) is 37.8 Å². The van der Waals surface area contributed by atoms with Crippen molar-refractivity contribution in [3.63, 3.8) is 0 Å². The summed E-state index contributed by atoms with van der Waals surface area (Å²) in [5.41, 5.74) is 0. The van der Waals surface area contributed by atoms with Gasteiger partial charge in [-0.25, -0.2) is 18.7 Å². The number of aromatic nitrogens is 2. The Morgan fingerprint density at radius 3 is 2.81 bits per heavy atom. The number of nitrogens with zero attached hydrogens (tertiary/aromatic N) is 2. The van der Waals surface area contributed by atoms with Crippen LogP contribution in [-0.4, -0.2) is 16.5 Å². The first-order chi connectivity index (χ1) is 10.2. The van der Waals surface area contributed by atoms with Crippen molar-refractivity contribution in [2.45, 2.75) is 16.8 Å². The Balaban J connectivity index is 2.01. The Labute approximate surface area is 128 Å². The molecule has 3 nitrogen and oxygen atoms in total. The fourth-order valence-electron chi connectivity index (χ4n) is 1.80. The minimum absolute atomic E-state index is 0.539. The maximum absolute atomic E-state index is 13.3. The molecule has 0 aliphatic carbocycles. The van der Waals surface area contributed by atoms with Crippen LogP contribution in [-0.2, 0) is 0 Å². The van der Waals surface area contributed by atoms with Gasteiger partial charge in [0.05, 0.1) is 0 Å². The van der Waals surface area contributed by atoms with E-state index in [-0.39, 0.29) is 0 Å². The molecule has 3 rings (SSSR count). The van der Waals surface area contributed by atoms with Crippen molar-refractivity contribution in [1.29, 1.82) is 0 Å². The molecule has 0 unspecified atom stereocenters. The summed E-state index contributed by atoms with van der Waals surface area (Å²) >= 11 is 2.81. The second-order valence-corrected chi connectivity index (χ2v) is 6.16. The van der Waals surface area contributed by atoms with E-state index < -0.39 is 11.6 Å². The molecule has 0 amide bonds. The number of thiophene rings is 1. The first-order valence-corrected chi connectivity index (χ1v) is 7.99. The van der Waals surface area contributed by atoms with Crippen molar-refractivity contribution in [2.24, 2.45) is 0 Å². The Kier molecular flexibility index (Phi) is 4.03. The molecular weight excluding hydrogens is 312 g/mol. The molecule has 3 aromatic rings. The molecule has 7 heteroatoms. The van der Waals surface area contributed by atoms with Gasteiger partial charge in [0.1, 0.15) is 9.86 Å². The lowest BCUT2D eigenvalue weighted by atomic mass is 10.3. The maximum Gasteiger partial charge on any atom is 0.225 e. The Morgan fingerprint density at radius 2 is 2.05 bits per heavy atom. The minimum atomic E-state index is -0.859. The standard InChI is InChI=1S/C14H11F2N3S2/c1-2-17-14-18-12-9(5-6-20-12)13(19-14)21-8-3-4-10(15)11(16)7-8/h3-7H,2H2,1H3,(H,17,18,19). The van der Waals surface area contributed by atoms with Crippen LogP contribution < -0.4 is 5.32 Å². The number of halogens is 2. The van der Waals surface area contributed by atoms with Gasteiger partial charge in [0.15, 0.2) is 11.6 Å². The third-order valence-corrected chi connectivity index (χ3v) is 4.53. The summed E-state index contributed by atoms with van der Waals surface area (Å²) in [6.45, 7) is 2.68. The van der Waals surface area contributed by atoms with Gasteiger partial charge in [-0.15, -0.1) is 11.3 Å². The summed E-state index contributed by atoms with van der Waals surface area (Å²) in [5, 5.41) is 6.65. The average molecular weight is 323 g/mol. The van der Waals surface area contributed by atoms with Crippen molar-refractivity contribution in [3.05, 3.63) is 41.3 Å². The third kappa shape index (κ3) is 2.98. The van der Waals surface area contributed by atoms with E-state index in [1.165, 1.54) is 35.2 Å². The van der Waals surface area contributed by atoms with Crippen LogP contribution in [0.1, 0.15) is 6.92 Å². The largest absolute Gasteiger partial charge is 0.354 e. The first kappa shape index (κ1) is 14.2. The second-order valence-electron chi connectivity index (χ2n) is 4.20. The van der Waals surface area contributed by atoms with Crippen LogP contribution in [0, 0.1) is 11.6 Å². The molecule has 1 N–H and O–H groups in total. The third-order valence-electron chi connectivity index (χ3n) is 2.73. The van der Waals surface area contributed by atoms with Crippen LogP contribution in [0.4, 0.5) is 14.7 Å². The van der Waals surface area contributed by atoms with Crippen LogP contribution in [0.2, 0.25) is 0 Å². The molecule has 21 heavy (non-hydrogen) atoms. The highest BCUT2D eigenvalue weighted by atomic mass is 32.2. The average Bonchev–Trinajstić information content (AvgIpc) is 2.92. The predicted molar refractivity (Wildman–Crippen MR) is 82.1 cm³/mol. The van der Waals surface area contributed by atoms with Crippen molar-refractivity contribution in [2.75, 3.05) is 11.9 Å². The van der Waals surface area contributed by atoms with Gasteiger partial charge in [0.25, 0.3) is 0 Å². The summed E-state index contributed by atoms with van der Waals surface area (Å²) in [5.74, 6) is -1.17. The second kappa shape index (κ2) is 5.95. The van der Waals surface area contributed by atoms with E-state index in [9.17, 15) is 8.78 Å². The molecule has 0 aliphatic heterocycles. The molecule has 0 bridgehead atoms. The molecule has 1 aromatic carbocycles. The number of benzene rings is 1. The normalized spacial score (nSPS) is 11.0. The van der Waals surface area contributed by atoms with Gasteiger partial charge < -0.3 is 5.32 Å². The molecule has 0 saturated heterocycles. The fraction of sp³-hybridized carbons (Fsp3) is 0.143. The summed E-state index contributed by atoms with van der Waals surface area (Å²) in [6.07, 6.45) is 0. The number of anilines is 1. The van der Waals surface area contributed by atoms with Crippen molar-refractivity contribution < 1.29 is 8.78 Å². The van der Waals surface area contributed by atoms with Gasteiger partial charge >= 0.3 is 0 Å². The van der Waals surface area contributed by atoms with E-state index in [0.29, 0.717) is 17.4 Å². The summed E-state index contributed by atoms with van der Waals surface area (Å²) in [4.78, 5) is 10.3. The Bertz CT molecular complexity index is 789. The highest BCUT2D eigenvalue weighted by Gasteiger charge is 2.11. The SMILES string of the molecule is CCNc1nc(Sc2ccc(F)c(F)c2)c2ccsc2n1. The molecule has 0 atom stereocenters. The number of hydrogen-bond donors (Lipinski definition) is 1. The molecule has 0 fully saturated rings. The molecule has 0 radical (unpaired) electrons. The zero-order valence-electron chi connectivity index (χ0n) is 11.1. The van der Waals surface area contributed by atoms with E-state index in [0.717, 1.165) is 21.3 Å². The Hall–Kier alpha value is -1.73. The number of fused-ring (bicyclic) bond motifs is 1. The van der Waals surface area contributed by atoms with Crippen LogP contribution in [0.3, 0.4) is 0 Å². The van der Waals surface area contributed by atoms with Gasteiger partial charge in [-0.3, -0.25) is 0 Å². The zero-order chi connectivity index (χ0) is 14.8. The van der Waals surface area contributed by atoms with Crippen molar-refractivity contribution >= 4 is 39.3 Å². The molecule has 0 saturated carbocycles. The van der Waals surface area contributed by atoms with Crippen molar-refractivity contribution in [1.82, 2.24) is 9.97 Å². The lowest BCUT2D eigenvalue weighted by Gasteiger charge is -2.06. The lowest BCUT2D eigenvalue weighted by Crippen LogP contribution is -2.02. The smallest absolute Gasteiger partial charge is 0.225 e. The van der Waals surface area contributed by atoms with Gasteiger partial charge in [-0.1, -0.05) is 11.8 Å². The number of rotatable bonds is 4. The molecule has 0 spiro atoms. The summed E-state index contributed by atoms with van der Waals surface area (Å²) in [7, 11) is 0. The first-order valence-electron chi connectivity index (χ1n) is 6.29. The molecule has 0 aliphatic rings. The van der Waals surface area contributed by atoms with Gasteiger partial charge in [0, 0.05) is 16.8 Å². The van der Waals surface area contributed by atoms with Crippen LogP contribution in [0.5, 0.6) is 0 Å². The highest BCUT2D eigenvalue weighted by Crippen LogP contribution is 2.34. The lowest BCUT2D eigenvalue weighted by molar-refractivity contribution is 0.506. The summed E-state index contributed by atoms with van der Waals surface area (Å²) < 4.78 is 26.3. The molecule has 108 valence electrons. The quantitative estimate of drug-likeness (QED) is 0.715. The molecule has 2 aromatic heterocycles. The Morgan fingerprint density at radius 1 is 1.19 bits per heavy atom. The van der Waals surface area contributed by atoms with Gasteiger partial charge in [-0.2, -0.15) is 0 Å². The monoisotopic (exact) mass is 323 g/mol. The number of nitrogens with one attached hydrogen (secondary N) is 1. The highest BCUT2D eigenvalue weighted by molar-refractivity contribution is 7.99. The fourth-order valence-corrected chi connectivity index (χ4v) is 3.55. The molecule has 2 heterocycles. The van der Waals surface area contributed by atoms with Gasteiger partial charge in [-0.05, 0) is 36.6 Å². The van der Waals surface area contributed by atoms with Crippen LogP contribution >= 0.6 is 23.1 Å². The van der Waals surface area contributed by atoms with E-state index in [1.807, 2.05) is 18.4 Å². The van der Waals surface area contributed by atoms with Crippen molar-refractivity contribution in [3.8, 4) is 0 Å². The van der Waals surface area contributed by atoms with E-state index in [2.05, 4.69) is 15.3 Å². The zero-order valence-corrected chi connectivity index (χ0v) is 12.7. The summed E-state index contributed by atoms with van der Waals surface area (Å²) in [6, 6.07) is 5.76. The van der Waals surface area contributed by atoms with E-state index in [1.54, 1.807) is 0 Å². The van der Waals surface area contributed by atoms with Crippen LogP contribution in [0.15, 0.2) is 39.6 Å². The van der Waals surface area contributed by atoms with Crippen LogP contribution in [0.25, 0.3) is 10.2 Å². The molecular formula is C14H11F2N3S2. The maximum atomic E-state index is 13.3. The number of hydrogen-bond acceptors (Lipinski definition) is 5. The minimum Gasteiger partial charge on any atom is -0.354 e. The van der Waals surface area contributed by atoms with Gasteiger partial charge in [0.2, 0.25) is 5.95 Å². The van der Waals surface area contributed by atoms with E-state index >= 15 is 0 Å².